The highest BCUT2D eigenvalue weighted by molar-refractivity contribution is 5.93. The molecule has 2 saturated carbocycles. The van der Waals surface area contributed by atoms with Gasteiger partial charge < -0.3 is 18.7 Å². The molecular formula is C24H32N2O8. The molecule has 0 radical (unpaired) electrons. The van der Waals surface area contributed by atoms with Gasteiger partial charge >= 0.3 is 17.9 Å². The first-order chi connectivity index (χ1) is 16.0. The van der Waals surface area contributed by atoms with Crippen molar-refractivity contribution in [1.29, 1.82) is 0 Å². The molecule has 1 saturated heterocycles. The first-order valence-electron chi connectivity index (χ1n) is 11.9. The van der Waals surface area contributed by atoms with Crippen LogP contribution in [0.25, 0.3) is 0 Å². The Labute approximate surface area is 198 Å². The topological polar surface area (TPSA) is 135 Å². The second kappa shape index (κ2) is 8.78. The van der Waals surface area contributed by atoms with Crippen molar-refractivity contribution in [2.24, 2.45) is 28.6 Å². The van der Waals surface area contributed by atoms with Crippen molar-refractivity contribution in [3.63, 3.8) is 0 Å². The number of ketones is 1. The number of hydrogen-bond donors (Lipinski definition) is 0. The number of aromatic nitrogens is 2. The lowest BCUT2D eigenvalue weighted by Gasteiger charge is -2.60. The van der Waals surface area contributed by atoms with Crippen molar-refractivity contribution in [3.8, 4) is 0 Å². The molecule has 1 aromatic heterocycles. The molecule has 3 aliphatic rings. The van der Waals surface area contributed by atoms with Crippen LogP contribution < -0.4 is 0 Å². The maximum absolute atomic E-state index is 13.8. The van der Waals surface area contributed by atoms with E-state index in [-0.39, 0.29) is 24.5 Å². The molecule has 0 spiro atoms. The fraction of sp³-hybridized carbons (Fsp3) is 0.750. The van der Waals surface area contributed by atoms with Gasteiger partial charge in [-0.25, -0.2) is 0 Å². The minimum Gasteiger partial charge on any atom is -0.469 e. The molecule has 10 nitrogen and oxygen atoms in total. The van der Waals surface area contributed by atoms with Crippen molar-refractivity contribution in [2.45, 2.75) is 78.4 Å². The SMILES string of the molecule is CCCc1noc([C@@H]2C[C@]3(C)C4C(=O)[C@@H](OC(C)=O)C[C@@H](C(=O)OC)[C@]4(C)CC[C@H]3C(=O)O2)n1. The average molecular weight is 477 g/mol. The second-order valence-electron chi connectivity index (χ2n) is 10.3. The van der Waals surface area contributed by atoms with E-state index >= 15 is 0 Å². The molecule has 2 aliphatic carbocycles. The first kappa shape index (κ1) is 24.3. The Balaban J connectivity index is 1.75. The Kier molecular flexibility index (Phi) is 6.29. The summed E-state index contributed by atoms with van der Waals surface area (Å²) in [5.41, 5.74) is -1.63. The number of aryl methyl sites for hydroxylation is 1. The number of esters is 3. The number of hydrogen-bond acceptors (Lipinski definition) is 10. The fourth-order valence-corrected chi connectivity index (χ4v) is 6.68. The molecule has 1 unspecified atom stereocenters. The van der Waals surface area contributed by atoms with Crippen LogP contribution in [-0.2, 0) is 39.8 Å². The lowest BCUT2D eigenvalue weighted by atomic mass is 9.43. The van der Waals surface area contributed by atoms with Gasteiger partial charge in [-0.3, -0.25) is 19.2 Å². The zero-order valence-electron chi connectivity index (χ0n) is 20.3. The minimum atomic E-state index is -1.08. The highest BCUT2D eigenvalue weighted by Gasteiger charge is 2.68. The number of methoxy groups -OCH3 is 1. The van der Waals surface area contributed by atoms with Crippen LogP contribution in [0, 0.1) is 28.6 Å². The molecule has 34 heavy (non-hydrogen) atoms. The smallest absolute Gasteiger partial charge is 0.310 e. The van der Waals surface area contributed by atoms with Crippen LogP contribution in [0.15, 0.2) is 4.52 Å². The third-order valence-electron chi connectivity index (χ3n) is 8.13. The monoisotopic (exact) mass is 476 g/mol. The lowest BCUT2D eigenvalue weighted by Crippen LogP contribution is -2.64. The molecule has 0 N–H and O–H groups in total. The Morgan fingerprint density at radius 2 is 1.94 bits per heavy atom. The molecule has 186 valence electrons. The summed E-state index contributed by atoms with van der Waals surface area (Å²) in [6.45, 7) is 7.02. The third kappa shape index (κ3) is 3.80. The van der Waals surface area contributed by atoms with Gasteiger partial charge in [-0.1, -0.05) is 25.9 Å². The zero-order chi connectivity index (χ0) is 24.8. The Hall–Kier alpha value is -2.78. The second-order valence-corrected chi connectivity index (χ2v) is 10.3. The number of rotatable bonds is 5. The summed E-state index contributed by atoms with van der Waals surface area (Å²) >= 11 is 0. The molecule has 1 aromatic rings. The third-order valence-corrected chi connectivity index (χ3v) is 8.13. The van der Waals surface area contributed by atoms with Crippen molar-refractivity contribution >= 4 is 23.7 Å². The van der Waals surface area contributed by atoms with Gasteiger partial charge in [-0.15, -0.1) is 0 Å². The van der Waals surface area contributed by atoms with Crippen molar-refractivity contribution in [1.82, 2.24) is 10.1 Å². The molecule has 4 rings (SSSR count). The van der Waals surface area contributed by atoms with E-state index in [2.05, 4.69) is 10.1 Å². The number of Topliss-reactive ketones (excluding diaryl/α,β-unsaturated/α-hetero) is 1. The van der Waals surface area contributed by atoms with Crippen LogP contribution in [-0.4, -0.2) is 47.0 Å². The zero-order valence-corrected chi connectivity index (χ0v) is 20.3. The molecule has 3 fully saturated rings. The van der Waals surface area contributed by atoms with Crippen LogP contribution in [0.2, 0.25) is 0 Å². The van der Waals surface area contributed by atoms with E-state index < -0.39 is 58.7 Å². The van der Waals surface area contributed by atoms with Crippen LogP contribution >= 0.6 is 0 Å². The van der Waals surface area contributed by atoms with Gasteiger partial charge in [0.05, 0.1) is 18.9 Å². The predicted molar refractivity (Wildman–Crippen MR) is 115 cm³/mol. The maximum atomic E-state index is 13.8. The standard InChI is InChI=1S/C24H32N2O8/c1-6-7-17-25-20(34-26-17)16-11-24(4)13(22(30)33-16)8-9-23(3)14(21(29)31-5)10-15(32-12(2)27)18(28)19(23)24/h13-16,19H,6-11H2,1-5H3/t13-,14-,15-,16-,19?,23-,24-/m0/s1. The molecule has 0 amide bonds. The average Bonchev–Trinajstić information content (AvgIpc) is 3.23. The fourth-order valence-electron chi connectivity index (χ4n) is 6.68. The number of carbonyl (C=O) groups excluding carboxylic acids is 4. The molecule has 0 aromatic carbocycles. The summed E-state index contributed by atoms with van der Waals surface area (Å²) in [6.07, 6.45) is 0.883. The number of ether oxygens (including phenoxy) is 3. The van der Waals surface area contributed by atoms with E-state index in [1.807, 2.05) is 20.8 Å². The van der Waals surface area contributed by atoms with E-state index in [0.29, 0.717) is 25.1 Å². The number of carbonyl (C=O) groups is 4. The summed E-state index contributed by atoms with van der Waals surface area (Å²) in [6, 6.07) is 0. The number of nitrogens with zero attached hydrogens (tertiary/aromatic N) is 2. The highest BCUT2D eigenvalue weighted by Crippen LogP contribution is 2.65. The lowest BCUT2D eigenvalue weighted by molar-refractivity contribution is -0.211. The normalized spacial score (nSPS) is 37.3. The van der Waals surface area contributed by atoms with E-state index in [9.17, 15) is 19.2 Å². The Morgan fingerprint density at radius 1 is 1.21 bits per heavy atom. The van der Waals surface area contributed by atoms with Crippen molar-refractivity contribution in [2.75, 3.05) is 7.11 Å². The van der Waals surface area contributed by atoms with E-state index in [0.717, 1.165) is 6.42 Å². The van der Waals surface area contributed by atoms with Gasteiger partial charge in [0.25, 0.3) is 5.89 Å². The van der Waals surface area contributed by atoms with Crippen molar-refractivity contribution in [3.05, 3.63) is 11.7 Å². The minimum absolute atomic E-state index is 0.0662. The van der Waals surface area contributed by atoms with Crippen molar-refractivity contribution < 1.29 is 37.9 Å². The first-order valence-corrected chi connectivity index (χ1v) is 11.9. The summed E-state index contributed by atoms with van der Waals surface area (Å²) in [5, 5.41) is 3.97. The predicted octanol–water partition coefficient (Wildman–Crippen LogP) is 2.74. The van der Waals surface area contributed by atoms with Crippen LogP contribution in [0.1, 0.15) is 77.6 Å². The van der Waals surface area contributed by atoms with Crippen LogP contribution in [0.5, 0.6) is 0 Å². The van der Waals surface area contributed by atoms with Gasteiger partial charge in [0, 0.05) is 32.1 Å². The van der Waals surface area contributed by atoms with E-state index in [1.165, 1.54) is 14.0 Å². The van der Waals surface area contributed by atoms with Gasteiger partial charge in [0.15, 0.2) is 23.8 Å². The largest absolute Gasteiger partial charge is 0.469 e. The molecule has 2 heterocycles. The van der Waals surface area contributed by atoms with Gasteiger partial charge in [-0.2, -0.15) is 4.98 Å². The summed E-state index contributed by atoms with van der Waals surface area (Å²) in [5.74, 6) is -2.93. The molecule has 10 heteroatoms. The molecule has 0 bridgehead atoms. The number of fused-ring (bicyclic) bond motifs is 3. The van der Waals surface area contributed by atoms with Gasteiger partial charge in [0.2, 0.25) is 0 Å². The number of cyclic esters (lactones) is 1. The van der Waals surface area contributed by atoms with Crippen LogP contribution in [0.4, 0.5) is 0 Å². The van der Waals surface area contributed by atoms with Gasteiger partial charge in [-0.05, 0) is 30.1 Å². The van der Waals surface area contributed by atoms with Gasteiger partial charge in [0.1, 0.15) is 0 Å². The molecule has 1 aliphatic heterocycles. The molecule has 7 atom stereocenters. The molecular weight excluding hydrogens is 444 g/mol. The van der Waals surface area contributed by atoms with E-state index in [1.54, 1.807) is 0 Å². The quantitative estimate of drug-likeness (QED) is 0.461. The van der Waals surface area contributed by atoms with E-state index in [4.69, 9.17) is 18.7 Å². The maximum Gasteiger partial charge on any atom is 0.310 e. The van der Waals surface area contributed by atoms with Crippen LogP contribution in [0.3, 0.4) is 0 Å². The summed E-state index contributed by atoms with van der Waals surface area (Å²) < 4.78 is 21.6. The summed E-state index contributed by atoms with van der Waals surface area (Å²) in [7, 11) is 1.31. The Morgan fingerprint density at radius 3 is 2.59 bits per heavy atom. The Bertz CT molecular complexity index is 1000. The summed E-state index contributed by atoms with van der Waals surface area (Å²) in [4.78, 5) is 56.0. The highest BCUT2D eigenvalue weighted by atomic mass is 16.6.